The molecule has 4 heteroatoms. The molecule has 0 aliphatic heterocycles. The molecule has 0 aliphatic rings. The van der Waals surface area contributed by atoms with Crippen LogP contribution in [0.2, 0.25) is 0 Å². The molecule has 0 spiro atoms. The van der Waals surface area contributed by atoms with Gasteiger partial charge >= 0.3 is 0 Å². The largest absolute Gasteiger partial charge is 0.272 e. The van der Waals surface area contributed by atoms with Crippen molar-refractivity contribution in [2.24, 2.45) is 5.10 Å². The van der Waals surface area contributed by atoms with Crippen LogP contribution in [0.4, 0.5) is 0 Å². The molecule has 1 amide bonds. The molecule has 0 bridgehead atoms. The van der Waals surface area contributed by atoms with Crippen LogP contribution in [0.3, 0.4) is 0 Å². The highest BCUT2D eigenvalue weighted by Gasteiger charge is 2.01. The first-order valence-corrected chi connectivity index (χ1v) is 8.90. The summed E-state index contributed by atoms with van der Waals surface area (Å²) in [7, 11) is 0. The molecule has 3 aromatic rings. The van der Waals surface area contributed by atoms with Crippen molar-refractivity contribution in [1.29, 1.82) is 0 Å². The van der Waals surface area contributed by atoms with Gasteiger partial charge in [-0.1, -0.05) is 72.8 Å². The number of nitrogens with zero attached hydrogens (tertiary/aromatic N) is 1. The third-order valence-corrected chi connectivity index (χ3v) is 4.56. The van der Waals surface area contributed by atoms with Crippen LogP contribution in [0.25, 0.3) is 10.8 Å². The van der Waals surface area contributed by atoms with E-state index in [1.807, 2.05) is 48.5 Å². The van der Waals surface area contributed by atoms with E-state index < -0.39 is 0 Å². The van der Waals surface area contributed by atoms with Crippen LogP contribution in [0.1, 0.15) is 11.1 Å². The summed E-state index contributed by atoms with van der Waals surface area (Å²) in [6, 6.07) is 24.3. The number of carbonyl (C=O) groups is 1. The lowest BCUT2D eigenvalue weighted by atomic mass is 10.1. The number of rotatable bonds is 6. The summed E-state index contributed by atoms with van der Waals surface area (Å²) >= 11 is 1.58. The van der Waals surface area contributed by atoms with Gasteiger partial charge in [0.05, 0.1) is 12.0 Å². The number of hydrazone groups is 1. The monoisotopic (exact) mass is 334 g/mol. The van der Waals surface area contributed by atoms with E-state index in [9.17, 15) is 4.79 Å². The Morgan fingerprint density at radius 3 is 2.58 bits per heavy atom. The Bertz CT molecular complexity index is 841. The number of benzene rings is 3. The third-order valence-electron chi connectivity index (χ3n) is 3.56. The van der Waals surface area contributed by atoms with E-state index in [1.165, 1.54) is 5.56 Å². The molecule has 24 heavy (non-hydrogen) atoms. The summed E-state index contributed by atoms with van der Waals surface area (Å²) in [5.41, 5.74) is 4.80. The Morgan fingerprint density at radius 1 is 0.958 bits per heavy atom. The van der Waals surface area contributed by atoms with Crippen LogP contribution in [-0.4, -0.2) is 17.9 Å². The zero-order valence-corrected chi connectivity index (χ0v) is 14.0. The fourth-order valence-electron chi connectivity index (χ4n) is 2.40. The molecule has 3 rings (SSSR count). The van der Waals surface area contributed by atoms with Gasteiger partial charge in [-0.15, -0.1) is 11.8 Å². The minimum atomic E-state index is -0.0904. The van der Waals surface area contributed by atoms with Crippen molar-refractivity contribution in [1.82, 2.24) is 5.43 Å². The maximum Gasteiger partial charge on any atom is 0.250 e. The Morgan fingerprint density at radius 2 is 1.71 bits per heavy atom. The molecule has 0 aliphatic carbocycles. The molecule has 0 fully saturated rings. The number of carbonyl (C=O) groups excluding carboxylic acids is 1. The van der Waals surface area contributed by atoms with Gasteiger partial charge in [0, 0.05) is 11.3 Å². The predicted octanol–water partition coefficient (Wildman–Crippen LogP) is 4.22. The van der Waals surface area contributed by atoms with Crippen LogP contribution in [-0.2, 0) is 10.5 Å². The van der Waals surface area contributed by atoms with Crippen molar-refractivity contribution in [2.75, 3.05) is 5.75 Å². The number of nitrogens with one attached hydrogen (secondary N) is 1. The molecular weight excluding hydrogens is 316 g/mol. The smallest absolute Gasteiger partial charge is 0.250 e. The molecule has 0 radical (unpaired) electrons. The van der Waals surface area contributed by atoms with Crippen molar-refractivity contribution >= 4 is 34.7 Å². The second-order valence-corrected chi connectivity index (χ2v) is 6.33. The lowest BCUT2D eigenvalue weighted by molar-refractivity contribution is -0.118. The maximum atomic E-state index is 11.8. The Kier molecular flexibility index (Phi) is 5.64. The van der Waals surface area contributed by atoms with Crippen LogP contribution < -0.4 is 5.43 Å². The van der Waals surface area contributed by atoms with Crippen LogP contribution >= 0.6 is 11.8 Å². The number of amides is 1. The van der Waals surface area contributed by atoms with Gasteiger partial charge in [-0.05, 0) is 16.3 Å². The lowest BCUT2D eigenvalue weighted by Crippen LogP contribution is -2.19. The molecule has 3 aromatic carbocycles. The highest BCUT2D eigenvalue weighted by atomic mass is 32.2. The number of fused-ring (bicyclic) bond motifs is 1. The summed E-state index contributed by atoms with van der Waals surface area (Å²) < 4.78 is 0. The first kappa shape index (κ1) is 16.3. The molecule has 120 valence electrons. The van der Waals surface area contributed by atoms with Crippen LogP contribution in [0, 0.1) is 0 Å². The summed E-state index contributed by atoms with van der Waals surface area (Å²) in [5.74, 6) is 1.12. The molecule has 1 N–H and O–H groups in total. The molecule has 0 atom stereocenters. The SMILES string of the molecule is O=C(CSCc1ccccc1)N/N=C/c1cccc2ccccc12. The van der Waals surface area contributed by atoms with Crippen molar-refractivity contribution < 1.29 is 4.79 Å². The third kappa shape index (κ3) is 4.46. The average molecular weight is 334 g/mol. The molecule has 0 heterocycles. The van der Waals surface area contributed by atoms with Crippen molar-refractivity contribution in [3.05, 3.63) is 83.9 Å². The average Bonchev–Trinajstić information content (AvgIpc) is 2.63. The van der Waals surface area contributed by atoms with Crippen LogP contribution in [0.15, 0.2) is 77.9 Å². The van der Waals surface area contributed by atoms with Gasteiger partial charge in [-0.3, -0.25) is 4.79 Å². The van der Waals surface area contributed by atoms with E-state index in [1.54, 1.807) is 18.0 Å². The highest BCUT2D eigenvalue weighted by molar-refractivity contribution is 7.99. The van der Waals surface area contributed by atoms with Gasteiger partial charge in [0.15, 0.2) is 0 Å². The second-order valence-electron chi connectivity index (χ2n) is 5.34. The summed E-state index contributed by atoms with van der Waals surface area (Å²) in [6.07, 6.45) is 1.70. The van der Waals surface area contributed by atoms with E-state index in [4.69, 9.17) is 0 Å². The predicted molar refractivity (Wildman–Crippen MR) is 102 cm³/mol. The number of hydrogen-bond acceptors (Lipinski definition) is 3. The van der Waals surface area contributed by atoms with E-state index in [2.05, 4.69) is 34.8 Å². The molecule has 0 saturated heterocycles. The summed E-state index contributed by atoms with van der Waals surface area (Å²) in [6.45, 7) is 0. The van der Waals surface area contributed by atoms with Crippen molar-refractivity contribution in [3.8, 4) is 0 Å². The van der Waals surface area contributed by atoms with E-state index in [0.29, 0.717) is 5.75 Å². The van der Waals surface area contributed by atoms with Crippen molar-refractivity contribution in [2.45, 2.75) is 5.75 Å². The fraction of sp³-hybridized carbons (Fsp3) is 0.100. The van der Waals surface area contributed by atoms with Gasteiger partial charge in [-0.25, -0.2) is 5.43 Å². The Hall–Kier alpha value is -2.59. The maximum absolute atomic E-state index is 11.8. The van der Waals surface area contributed by atoms with Crippen molar-refractivity contribution in [3.63, 3.8) is 0 Å². The Balaban J connectivity index is 1.51. The molecule has 0 saturated carbocycles. The first-order chi connectivity index (χ1) is 11.8. The second kappa shape index (κ2) is 8.31. The lowest BCUT2D eigenvalue weighted by Gasteiger charge is -2.02. The topological polar surface area (TPSA) is 41.5 Å². The normalized spacial score (nSPS) is 11.0. The minimum Gasteiger partial charge on any atom is -0.272 e. The summed E-state index contributed by atoms with van der Waals surface area (Å²) in [4.78, 5) is 11.8. The summed E-state index contributed by atoms with van der Waals surface area (Å²) in [5, 5.41) is 6.36. The van der Waals surface area contributed by atoms with Gasteiger partial charge in [0.1, 0.15) is 0 Å². The van der Waals surface area contributed by atoms with Gasteiger partial charge in [0.2, 0.25) is 5.91 Å². The van der Waals surface area contributed by atoms with Gasteiger partial charge in [-0.2, -0.15) is 5.10 Å². The molecule has 3 nitrogen and oxygen atoms in total. The molecular formula is C20H18N2OS. The number of thioether (sulfide) groups is 1. The first-order valence-electron chi connectivity index (χ1n) is 7.74. The Labute approximate surface area is 145 Å². The quantitative estimate of drug-likeness (QED) is 0.541. The highest BCUT2D eigenvalue weighted by Crippen LogP contribution is 2.16. The minimum absolute atomic E-state index is 0.0904. The van der Waals surface area contributed by atoms with Crippen LogP contribution in [0.5, 0.6) is 0 Å². The van der Waals surface area contributed by atoms with E-state index in [-0.39, 0.29) is 5.91 Å². The zero-order valence-electron chi connectivity index (χ0n) is 13.2. The van der Waals surface area contributed by atoms with Gasteiger partial charge in [0.25, 0.3) is 0 Å². The molecule has 0 unspecified atom stereocenters. The standard InChI is InChI=1S/C20H18N2OS/c23-20(15-24-14-16-7-2-1-3-8-16)22-21-13-18-11-6-10-17-9-4-5-12-19(17)18/h1-13H,14-15H2,(H,22,23)/b21-13+. The van der Waals surface area contributed by atoms with Gasteiger partial charge < -0.3 is 0 Å². The number of hydrogen-bond donors (Lipinski definition) is 1. The zero-order chi connectivity index (χ0) is 16.6. The molecule has 0 aromatic heterocycles. The van der Waals surface area contributed by atoms with E-state index >= 15 is 0 Å². The fourth-order valence-corrected chi connectivity index (χ4v) is 3.19. The van der Waals surface area contributed by atoms with E-state index in [0.717, 1.165) is 22.1 Å².